The molecule has 174 valence electrons. The summed E-state index contributed by atoms with van der Waals surface area (Å²) in [4.78, 5) is 27.1. The molecule has 0 radical (unpaired) electrons. The average Bonchev–Trinajstić information content (AvgIpc) is 2.76. The van der Waals surface area contributed by atoms with Crippen molar-refractivity contribution in [3.8, 4) is 5.75 Å². The zero-order chi connectivity index (χ0) is 23.9. The fourth-order valence-electron chi connectivity index (χ4n) is 2.85. The van der Waals surface area contributed by atoms with Gasteiger partial charge in [0.15, 0.2) is 0 Å². The third-order valence-corrected chi connectivity index (χ3v) is 6.50. The van der Waals surface area contributed by atoms with E-state index in [2.05, 4.69) is 5.32 Å². The van der Waals surface area contributed by atoms with Crippen molar-refractivity contribution in [2.75, 3.05) is 27.0 Å². The molecule has 2 aromatic carbocycles. The van der Waals surface area contributed by atoms with Gasteiger partial charge in [-0.05, 0) is 42.3 Å². The Labute approximate surface area is 194 Å². The number of rotatable bonds is 10. The topological polar surface area (TPSA) is 96.0 Å². The molecule has 0 unspecified atom stereocenters. The zero-order valence-corrected chi connectivity index (χ0v) is 20.1. The van der Waals surface area contributed by atoms with Gasteiger partial charge < -0.3 is 15.0 Å². The standard InChI is InChI=1S/C22H28ClN3O5S/c1-16(22(28)24-13-17-7-11-20(31-3)12-8-17)26(14-18-5-9-19(23)10-6-18)21(27)15-25(2)32(4,29)30/h5-12,16H,13-15H2,1-4H3,(H,24,28)/t16-/m0/s1. The third kappa shape index (κ3) is 7.51. The lowest BCUT2D eigenvalue weighted by atomic mass is 10.1. The molecule has 8 nitrogen and oxygen atoms in total. The van der Waals surface area contributed by atoms with Crippen LogP contribution in [-0.2, 0) is 32.7 Å². The molecule has 0 saturated carbocycles. The number of benzene rings is 2. The lowest BCUT2D eigenvalue weighted by Crippen LogP contribution is -2.50. The number of amides is 2. The predicted molar refractivity (Wildman–Crippen MR) is 124 cm³/mol. The van der Waals surface area contributed by atoms with Gasteiger partial charge >= 0.3 is 0 Å². The second-order valence-corrected chi connectivity index (χ2v) is 9.93. The van der Waals surface area contributed by atoms with Crippen LogP contribution in [0.25, 0.3) is 0 Å². The van der Waals surface area contributed by atoms with Crippen molar-refractivity contribution < 1.29 is 22.7 Å². The molecule has 0 fully saturated rings. The van der Waals surface area contributed by atoms with E-state index in [0.29, 0.717) is 10.8 Å². The molecule has 10 heteroatoms. The number of nitrogens with one attached hydrogen (secondary N) is 1. The first-order valence-corrected chi connectivity index (χ1v) is 12.1. The Kier molecular flexibility index (Phi) is 9.06. The van der Waals surface area contributed by atoms with Crippen molar-refractivity contribution in [1.29, 1.82) is 0 Å². The van der Waals surface area contributed by atoms with E-state index in [9.17, 15) is 18.0 Å². The predicted octanol–water partition coefficient (Wildman–Crippen LogP) is 2.27. The average molecular weight is 482 g/mol. The number of halogens is 1. The molecular formula is C22H28ClN3O5S. The van der Waals surface area contributed by atoms with Crippen molar-refractivity contribution in [2.45, 2.75) is 26.1 Å². The molecule has 0 heterocycles. The van der Waals surface area contributed by atoms with Gasteiger partial charge in [0.2, 0.25) is 21.8 Å². The van der Waals surface area contributed by atoms with Gasteiger partial charge in [0.05, 0.1) is 19.9 Å². The number of nitrogens with zero attached hydrogens (tertiary/aromatic N) is 2. The summed E-state index contributed by atoms with van der Waals surface area (Å²) >= 11 is 5.94. The van der Waals surface area contributed by atoms with Gasteiger partial charge in [-0.15, -0.1) is 0 Å². The quantitative estimate of drug-likeness (QED) is 0.561. The van der Waals surface area contributed by atoms with E-state index >= 15 is 0 Å². The number of hydrogen-bond donors (Lipinski definition) is 1. The van der Waals surface area contributed by atoms with Gasteiger partial charge in [-0.25, -0.2) is 8.42 Å². The van der Waals surface area contributed by atoms with Crippen LogP contribution in [0.2, 0.25) is 5.02 Å². The number of likely N-dealkylation sites (N-methyl/N-ethyl adjacent to an activating group) is 1. The molecule has 1 N–H and O–H groups in total. The number of sulfonamides is 1. The number of methoxy groups -OCH3 is 1. The van der Waals surface area contributed by atoms with Crippen LogP contribution in [0.15, 0.2) is 48.5 Å². The summed E-state index contributed by atoms with van der Waals surface area (Å²) in [5.74, 6) is -0.131. The fraction of sp³-hybridized carbons (Fsp3) is 0.364. The smallest absolute Gasteiger partial charge is 0.242 e. The highest BCUT2D eigenvalue weighted by atomic mass is 35.5. The Balaban J connectivity index is 2.14. The summed E-state index contributed by atoms with van der Waals surface area (Å²) in [6.07, 6.45) is 1.02. The second kappa shape index (κ2) is 11.3. The summed E-state index contributed by atoms with van der Waals surface area (Å²) in [5.41, 5.74) is 1.64. The molecule has 0 spiro atoms. The Morgan fingerprint density at radius 1 is 1.06 bits per heavy atom. The summed E-state index contributed by atoms with van der Waals surface area (Å²) in [6, 6.07) is 13.3. The van der Waals surface area contributed by atoms with Crippen LogP contribution < -0.4 is 10.1 Å². The molecule has 0 bridgehead atoms. The van der Waals surface area contributed by atoms with E-state index in [0.717, 1.165) is 21.7 Å². The lowest BCUT2D eigenvalue weighted by Gasteiger charge is -2.30. The highest BCUT2D eigenvalue weighted by Gasteiger charge is 2.28. The summed E-state index contributed by atoms with van der Waals surface area (Å²) in [7, 11) is -0.653. The summed E-state index contributed by atoms with van der Waals surface area (Å²) < 4.78 is 29.6. The molecule has 0 aliphatic rings. The van der Waals surface area contributed by atoms with Crippen LogP contribution in [0.4, 0.5) is 0 Å². The molecular weight excluding hydrogens is 454 g/mol. The number of hydrogen-bond acceptors (Lipinski definition) is 5. The molecule has 2 amide bonds. The van der Waals surface area contributed by atoms with Crippen molar-refractivity contribution >= 4 is 33.4 Å². The fourth-order valence-corrected chi connectivity index (χ4v) is 3.32. The molecule has 1 atom stereocenters. The van der Waals surface area contributed by atoms with Gasteiger partial charge in [-0.3, -0.25) is 9.59 Å². The Morgan fingerprint density at radius 3 is 2.16 bits per heavy atom. The molecule has 0 aliphatic carbocycles. The monoisotopic (exact) mass is 481 g/mol. The Hall–Kier alpha value is -2.62. The first kappa shape index (κ1) is 25.6. The normalized spacial score (nSPS) is 12.3. The maximum atomic E-state index is 13.0. The highest BCUT2D eigenvalue weighted by Crippen LogP contribution is 2.15. The van der Waals surface area contributed by atoms with Crippen molar-refractivity contribution in [3.63, 3.8) is 0 Å². The van der Waals surface area contributed by atoms with Crippen molar-refractivity contribution in [1.82, 2.24) is 14.5 Å². The van der Waals surface area contributed by atoms with E-state index in [1.807, 2.05) is 12.1 Å². The first-order valence-electron chi connectivity index (χ1n) is 9.87. The molecule has 2 rings (SSSR count). The van der Waals surface area contributed by atoms with Crippen molar-refractivity contribution in [2.24, 2.45) is 0 Å². The van der Waals surface area contributed by atoms with Crippen LogP contribution in [0.3, 0.4) is 0 Å². The highest BCUT2D eigenvalue weighted by molar-refractivity contribution is 7.88. The molecule has 0 aliphatic heterocycles. The van der Waals surface area contributed by atoms with Crippen molar-refractivity contribution in [3.05, 3.63) is 64.7 Å². The second-order valence-electron chi connectivity index (χ2n) is 7.41. The first-order chi connectivity index (χ1) is 15.0. The Bertz CT molecular complexity index is 1030. The molecule has 0 aromatic heterocycles. The van der Waals surface area contributed by atoms with E-state index < -0.39 is 22.0 Å². The third-order valence-electron chi connectivity index (χ3n) is 4.98. The van der Waals surface area contributed by atoms with Gasteiger partial charge in [0.25, 0.3) is 0 Å². The van der Waals surface area contributed by atoms with Crippen LogP contribution in [0, 0.1) is 0 Å². The maximum Gasteiger partial charge on any atom is 0.242 e. The maximum absolute atomic E-state index is 13.0. The molecule has 32 heavy (non-hydrogen) atoms. The van der Waals surface area contributed by atoms with E-state index in [1.165, 1.54) is 11.9 Å². The lowest BCUT2D eigenvalue weighted by molar-refractivity contribution is -0.140. The minimum atomic E-state index is -3.55. The number of ether oxygens (including phenoxy) is 1. The minimum Gasteiger partial charge on any atom is -0.497 e. The van der Waals surface area contributed by atoms with Crippen LogP contribution in [0.1, 0.15) is 18.1 Å². The minimum absolute atomic E-state index is 0.130. The SMILES string of the molecule is COc1ccc(CNC(=O)[C@H](C)N(Cc2ccc(Cl)cc2)C(=O)CN(C)S(C)(=O)=O)cc1. The van der Waals surface area contributed by atoms with Gasteiger partial charge in [0.1, 0.15) is 11.8 Å². The van der Waals surface area contributed by atoms with Gasteiger partial charge in [-0.1, -0.05) is 35.9 Å². The Morgan fingerprint density at radius 2 is 1.62 bits per heavy atom. The van der Waals surface area contributed by atoms with Gasteiger partial charge in [0, 0.05) is 25.2 Å². The molecule has 2 aromatic rings. The number of carbonyl (C=O) groups excluding carboxylic acids is 2. The molecule has 0 saturated heterocycles. The van der Waals surface area contributed by atoms with E-state index in [-0.39, 0.29) is 25.5 Å². The largest absolute Gasteiger partial charge is 0.497 e. The van der Waals surface area contributed by atoms with Gasteiger partial charge in [-0.2, -0.15) is 4.31 Å². The summed E-state index contributed by atoms with van der Waals surface area (Å²) in [6.45, 7) is 1.64. The van der Waals surface area contributed by atoms with Crippen LogP contribution in [-0.4, -0.2) is 62.4 Å². The number of carbonyl (C=O) groups is 2. The van der Waals surface area contributed by atoms with E-state index in [1.54, 1.807) is 50.4 Å². The summed E-state index contributed by atoms with van der Waals surface area (Å²) in [5, 5.41) is 3.37. The van der Waals surface area contributed by atoms with Crippen LogP contribution in [0.5, 0.6) is 5.75 Å². The van der Waals surface area contributed by atoms with E-state index in [4.69, 9.17) is 16.3 Å². The van der Waals surface area contributed by atoms with Crippen LogP contribution >= 0.6 is 11.6 Å². The zero-order valence-electron chi connectivity index (χ0n) is 18.5.